The standard InChI is InChI=1S/C15H16N2O4/c16-8-12(10-4-2-1-3-5-10)14(18)17-9-11-6-7-13(21-11)15(19)20/h1-7,12H,8-9,16H2,(H,17,18)(H,19,20). The predicted molar refractivity (Wildman–Crippen MR) is 75.8 cm³/mol. The summed E-state index contributed by atoms with van der Waals surface area (Å²) in [6.07, 6.45) is 0. The summed E-state index contributed by atoms with van der Waals surface area (Å²) in [6.45, 7) is 0.309. The highest BCUT2D eigenvalue weighted by Crippen LogP contribution is 2.15. The molecule has 0 radical (unpaired) electrons. The number of nitrogens with one attached hydrogen (secondary N) is 1. The van der Waals surface area contributed by atoms with E-state index in [-0.39, 0.29) is 24.8 Å². The van der Waals surface area contributed by atoms with Crippen LogP contribution in [0.15, 0.2) is 46.9 Å². The molecule has 0 spiro atoms. The van der Waals surface area contributed by atoms with E-state index in [1.54, 1.807) is 0 Å². The molecule has 0 fully saturated rings. The second-order valence-electron chi connectivity index (χ2n) is 4.49. The molecule has 21 heavy (non-hydrogen) atoms. The van der Waals surface area contributed by atoms with Crippen molar-refractivity contribution in [3.8, 4) is 0 Å². The maximum absolute atomic E-state index is 12.1. The van der Waals surface area contributed by atoms with E-state index in [0.717, 1.165) is 5.56 Å². The highest BCUT2D eigenvalue weighted by atomic mass is 16.4. The first-order valence-electron chi connectivity index (χ1n) is 6.46. The smallest absolute Gasteiger partial charge is 0.371 e. The third-order valence-electron chi connectivity index (χ3n) is 3.06. The zero-order chi connectivity index (χ0) is 15.2. The van der Waals surface area contributed by atoms with E-state index in [4.69, 9.17) is 15.3 Å². The van der Waals surface area contributed by atoms with Crippen LogP contribution in [0, 0.1) is 0 Å². The Morgan fingerprint density at radius 1 is 1.19 bits per heavy atom. The van der Waals surface area contributed by atoms with E-state index in [1.165, 1.54) is 12.1 Å². The van der Waals surface area contributed by atoms with Crippen molar-refractivity contribution >= 4 is 11.9 Å². The fourth-order valence-corrected chi connectivity index (χ4v) is 1.97. The number of benzene rings is 1. The van der Waals surface area contributed by atoms with Gasteiger partial charge in [-0.15, -0.1) is 0 Å². The number of aromatic carboxylic acids is 1. The molecule has 0 bridgehead atoms. The lowest BCUT2D eigenvalue weighted by atomic mass is 9.98. The monoisotopic (exact) mass is 288 g/mol. The van der Waals surface area contributed by atoms with Crippen LogP contribution in [0.2, 0.25) is 0 Å². The lowest BCUT2D eigenvalue weighted by Gasteiger charge is -2.14. The van der Waals surface area contributed by atoms with Crippen LogP contribution in [0.3, 0.4) is 0 Å². The Labute approximate surface area is 121 Å². The molecule has 0 aliphatic heterocycles. The van der Waals surface area contributed by atoms with Crippen LogP contribution in [0.25, 0.3) is 0 Å². The van der Waals surface area contributed by atoms with Crippen molar-refractivity contribution in [1.82, 2.24) is 5.32 Å². The quantitative estimate of drug-likeness (QED) is 0.743. The van der Waals surface area contributed by atoms with Crippen LogP contribution in [-0.4, -0.2) is 23.5 Å². The molecule has 0 aliphatic carbocycles. The highest BCUT2D eigenvalue weighted by molar-refractivity contribution is 5.85. The summed E-state index contributed by atoms with van der Waals surface area (Å²) in [4.78, 5) is 22.8. The Morgan fingerprint density at radius 3 is 2.48 bits per heavy atom. The van der Waals surface area contributed by atoms with Gasteiger partial charge in [-0.3, -0.25) is 4.79 Å². The molecule has 1 amide bonds. The molecular weight excluding hydrogens is 272 g/mol. The molecule has 4 N–H and O–H groups in total. The zero-order valence-corrected chi connectivity index (χ0v) is 11.3. The number of rotatable bonds is 6. The second-order valence-corrected chi connectivity index (χ2v) is 4.49. The van der Waals surface area contributed by atoms with Crippen LogP contribution in [-0.2, 0) is 11.3 Å². The molecule has 2 aromatic rings. The Hall–Kier alpha value is -2.60. The number of carboxylic acids is 1. The van der Waals surface area contributed by atoms with E-state index in [0.29, 0.717) is 5.76 Å². The van der Waals surface area contributed by atoms with Gasteiger partial charge in [0.25, 0.3) is 0 Å². The summed E-state index contributed by atoms with van der Waals surface area (Å²) >= 11 is 0. The van der Waals surface area contributed by atoms with Gasteiger partial charge in [0.15, 0.2) is 0 Å². The highest BCUT2D eigenvalue weighted by Gasteiger charge is 2.19. The second kappa shape index (κ2) is 6.71. The van der Waals surface area contributed by atoms with Gasteiger partial charge >= 0.3 is 5.97 Å². The Morgan fingerprint density at radius 2 is 1.90 bits per heavy atom. The van der Waals surface area contributed by atoms with E-state index in [1.807, 2.05) is 30.3 Å². The van der Waals surface area contributed by atoms with Crippen LogP contribution < -0.4 is 11.1 Å². The minimum atomic E-state index is -1.14. The largest absolute Gasteiger partial charge is 0.475 e. The van der Waals surface area contributed by atoms with Gasteiger partial charge in [-0.25, -0.2) is 4.79 Å². The molecule has 0 aliphatic rings. The van der Waals surface area contributed by atoms with E-state index < -0.39 is 11.9 Å². The summed E-state index contributed by atoms with van der Waals surface area (Å²) in [6, 6.07) is 12.1. The molecular formula is C15H16N2O4. The van der Waals surface area contributed by atoms with Crippen molar-refractivity contribution in [2.24, 2.45) is 5.73 Å². The van der Waals surface area contributed by atoms with Gasteiger partial charge in [-0.05, 0) is 17.7 Å². The Kier molecular flexibility index (Phi) is 4.73. The topological polar surface area (TPSA) is 106 Å². The average molecular weight is 288 g/mol. The third kappa shape index (κ3) is 3.70. The van der Waals surface area contributed by atoms with Gasteiger partial charge in [-0.1, -0.05) is 30.3 Å². The summed E-state index contributed by atoms with van der Waals surface area (Å²) in [7, 11) is 0. The molecule has 1 heterocycles. The van der Waals surface area contributed by atoms with Crippen LogP contribution in [0.5, 0.6) is 0 Å². The van der Waals surface area contributed by atoms with Crippen molar-refractivity contribution < 1.29 is 19.1 Å². The maximum atomic E-state index is 12.1. The fraction of sp³-hybridized carbons (Fsp3) is 0.200. The van der Waals surface area contributed by atoms with Crippen molar-refractivity contribution in [1.29, 1.82) is 0 Å². The van der Waals surface area contributed by atoms with E-state index in [2.05, 4.69) is 5.32 Å². The lowest BCUT2D eigenvalue weighted by Crippen LogP contribution is -2.33. The van der Waals surface area contributed by atoms with Crippen molar-refractivity contribution in [2.45, 2.75) is 12.5 Å². The van der Waals surface area contributed by atoms with E-state index >= 15 is 0 Å². The third-order valence-corrected chi connectivity index (χ3v) is 3.06. The number of carbonyl (C=O) groups is 2. The molecule has 1 aromatic heterocycles. The number of hydrogen-bond acceptors (Lipinski definition) is 4. The maximum Gasteiger partial charge on any atom is 0.371 e. The predicted octanol–water partition coefficient (Wildman–Crippen LogP) is 1.34. The van der Waals surface area contributed by atoms with Crippen LogP contribution in [0.1, 0.15) is 27.8 Å². The zero-order valence-electron chi connectivity index (χ0n) is 11.3. The molecule has 2 rings (SSSR count). The number of furan rings is 1. The summed E-state index contributed by atoms with van der Waals surface area (Å²) in [5.74, 6) is -1.59. The molecule has 1 atom stereocenters. The molecule has 1 unspecified atom stereocenters. The number of hydrogen-bond donors (Lipinski definition) is 3. The molecule has 0 saturated heterocycles. The number of carboxylic acid groups (broad SMARTS) is 1. The first kappa shape index (κ1) is 14.8. The van der Waals surface area contributed by atoms with Gasteiger partial charge in [0.05, 0.1) is 12.5 Å². The molecule has 6 nitrogen and oxygen atoms in total. The van der Waals surface area contributed by atoms with Crippen LogP contribution >= 0.6 is 0 Å². The van der Waals surface area contributed by atoms with Gasteiger partial charge in [0.1, 0.15) is 5.76 Å². The number of carbonyl (C=O) groups excluding carboxylic acids is 1. The minimum absolute atomic E-state index is 0.120. The lowest BCUT2D eigenvalue weighted by molar-refractivity contribution is -0.122. The van der Waals surface area contributed by atoms with Crippen molar-refractivity contribution in [3.05, 3.63) is 59.5 Å². The van der Waals surface area contributed by atoms with Gasteiger partial charge < -0.3 is 20.6 Å². The van der Waals surface area contributed by atoms with Crippen molar-refractivity contribution in [3.63, 3.8) is 0 Å². The van der Waals surface area contributed by atoms with Gasteiger partial charge in [0.2, 0.25) is 11.7 Å². The molecule has 1 aromatic carbocycles. The number of nitrogens with two attached hydrogens (primary N) is 1. The molecule has 0 saturated carbocycles. The average Bonchev–Trinajstić information content (AvgIpc) is 2.96. The fourth-order valence-electron chi connectivity index (χ4n) is 1.97. The normalized spacial score (nSPS) is 11.9. The number of amides is 1. The van der Waals surface area contributed by atoms with Gasteiger partial charge in [0, 0.05) is 6.54 Å². The molecule has 6 heteroatoms. The first-order valence-corrected chi connectivity index (χ1v) is 6.46. The van der Waals surface area contributed by atoms with Crippen molar-refractivity contribution in [2.75, 3.05) is 6.54 Å². The summed E-state index contributed by atoms with van der Waals surface area (Å²) in [5.41, 5.74) is 6.49. The van der Waals surface area contributed by atoms with Gasteiger partial charge in [-0.2, -0.15) is 0 Å². The Balaban J connectivity index is 1.98. The van der Waals surface area contributed by atoms with E-state index in [9.17, 15) is 9.59 Å². The minimum Gasteiger partial charge on any atom is -0.475 e. The SMILES string of the molecule is NCC(C(=O)NCc1ccc(C(=O)O)o1)c1ccccc1. The first-order chi connectivity index (χ1) is 10.1. The molecule has 110 valence electrons. The van der Waals surface area contributed by atoms with Crippen LogP contribution in [0.4, 0.5) is 0 Å². The Bertz CT molecular complexity index is 622. The summed E-state index contributed by atoms with van der Waals surface area (Å²) in [5, 5.41) is 11.4. The summed E-state index contributed by atoms with van der Waals surface area (Å²) < 4.78 is 5.07.